The molecule has 6 heteroatoms. The summed E-state index contributed by atoms with van der Waals surface area (Å²) in [6.07, 6.45) is 0. The lowest BCUT2D eigenvalue weighted by Crippen LogP contribution is -2.14. The molecule has 106 valence electrons. The van der Waals surface area contributed by atoms with Crippen molar-refractivity contribution in [1.82, 2.24) is 0 Å². The molecular formula is C15H7BrClF2NO. The lowest BCUT2D eigenvalue weighted by molar-refractivity contribution is 0.0976. The molecule has 0 fully saturated rings. The molecule has 2 nitrogen and oxygen atoms in total. The number of rotatable bonds is 3. The summed E-state index contributed by atoms with van der Waals surface area (Å²) in [7, 11) is 0. The Morgan fingerprint density at radius 2 is 2.00 bits per heavy atom. The SMILES string of the molecule is N#CC(C(=O)c1ccc(F)cc1Br)c1c(F)cccc1Cl. The summed E-state index contributed by atoms with van der Waals surface area (Å²) < 4.78 is 27.1. The van der Waals surface area contributed by atoms with Crippen molar-refractivity contribution in [3.63, 3.8) is 0 Å². The maximum Gasteiger partial charge on any atom is 0.185 e. The topological polar surface area (TPSA) is 40.9 Å². The second-order valence-electron chi connectivity index (χ2n) is 4.19. The van der Waals surface area contributed by atoms with Gasteiger partial charge in [-0.25, -0.2) is 8.78 Å². The van der Waals surface area contributed by atoms with E-state index in [4.69, 9.17) is 11.6 Å². The molecule has 0 aliphatic rings. The second kappa shape index (κ2) is 6.33. The van der Waals surface area contributed by atoms with Gasteiger partial charge in [-0.1, -0.05) is 17.7 Å². The van der Waals surface area contributed by atoms with Crippen molar-refractivity contribution < 1.29 is 13.6 Å². The van der Waals surface area contributed by atoms with Crippen molar-refractivity contribution in [2.24, 2.45) is 0 Å². The molecule has 0 N–H and O–H groups in total. The van der Waals surface area contributed by atoms with Crippen molar-refractivity contribution in [3.8, 4) is 6.07 Å². The summed E-state index contributed by atoms with van der Waals surface area (Å²) in [5.41, 5.74) is -0.0924. The number of ketones is 1. The number of hydrogen-bond donors (Lipinski definition) is 0. The predicted molar refractivity (Wildman–Crippen MR) is 78.2 cm³/mol. The molecule has 0 bridgehead atoms. The van der Waals surface area contributed by atoms with E-state index in [2.05, 4.69) is 15.9 Å². The predicted octanol–water partition coefficient (Wildman–Crippen LogP) is 4.87. The molecule has 1 atom stereocenters. The van der Waals surface area contributed by atoms with E-state index < -0.39 is 23.3 Å². The monoisotopic (exact) mass is 369 g/mol. The smallest absolute Gasteiger partial charge is 0.185 e. The van der Waals surface area contributed by atoms with Crippen LogP contribution in [-0.4, -0.2) is 5.78 Å². The molecule has 0 saturated heterocycles. The van der Waals surface area contributed by atoms with E-state index >= 15 is 0 Å². The van der Waals surface area contributed by atoms with Crippen LogP contribution in [0.25, 0.3) is 0 Å². The fraction of sp³-hybridized carbons (Fsp3) is 0.0667. The molecule has 0 heterocycles. The summed E-state index contributed by atoms with van der Waals surface area (Å²) in [5, 5.41) is 9.21. The van der Waals surface area contributed by atoms with Crippen LogP contribution in [0.1, 0.15) is 21.8 Å². The third-order valence-electron chi connectivity index (χ3n) is 2.88. The molecular weight excluding hydrogens is 364 g/mol. The normalized spacial score (nSPS) is 11.8. The van der Waals surface area contributed by atoms with E-state index in [0.717, 1.165) is 18.2 Å². The Labute approximate surface area is 133 Å². The average Bonchev–Trinajstić information content (AvgIpc) is 2.42. The molecule has 2 aromatic carbocycles. The minimum Gasteiger partial charge on any atom is -0.292 e. The summed E-state index contributed by atoms with van der Waals surface area (Å²) in [5.74, 6) is -3.33. The van der Waals surface area contributed by atoms with Crippen LogP contribution in [0.15, 0.2) is 40.9 Å². The first-order valence-corrected chi connectivity index (χ1v) is 6.95. The van der Waals surface area contributed by atoms with E-state index in [1.807, 2.05) is 0 Å². The van der Waals surface area contributed by atoms with Crippen LogP contribution < -0.4 is 0 Å². The minimum atomic E-state index is -1.40. The molecule has 0 amide bonds. The number of nitrogens with zero attached hydrogens (tertiary/aromatic N) is 1. The summed E-state index contributed by atoms with van der Waals surface area (Å²) in [6.45, 7) is 0. The molecule has 1 unspecified atom stereocenters. The Morgan fingerprint density at radius 3 is 2.57 bits per heavy atom. The van der Waals surface area contributed by atoms with Gasteiger partial charge in [-0.3, -0.25) is 4.79 Å². The van der Waals surface area contributed by atoms with Crippen LogP contribution in [0.3, 0.4) is 0 Å². The standard InChI is InChI=1S/C15H7BrClF2NO/c16-11-6-8(18)4-5-9(11)15(21)10(7-20)14-12(17)2-1-3-13(14)19/h1-6,10H. The van der Waals surface area contributed by atoms with Gasteiger partial charge in [-0.05, 0) is 46.3 Å². The zero-order valence-corrected chi connectivity index (χ0v) is 12.8. The van der Waals surface area contributed by atoms with Gasteiger partial charge in [-0.2, -0.15) is 5.26 Å². The van der Waals surface area contributed by atoms with E-state index in [9.17, 15) is 18.8 Å². The third kappa shape index (κ3) is 3.12. The van der Waals surface area contributed by atoms with Crippen molar-refractivity contribution in [3.05, 3.63) is 68.7 Å². The molecule has 0 aromatic heterocycles. The summed E-state index contributed by atoms with van der Waals surface area (Å²) >= 11 is 8.94. The third-order valence-corrected chi connectivity index (χ3v) is 3.86. The number of hydrogen-bond acceptors (Lipinski definition) is 2. The van der Waals surface area contributed by atoms with Gasteiger partial charge in [0, 0.05) is 20.6 Å². The van der Waals surface area contributed by atoms with Crippen molar-refractivity contribution in [2.75, 3.05) is 0 Å². The van der Waals surface area contributed by atoms with Gasteiger partial charge in [0.2, 0.25) is 0 Å². The van der Waals surface area contributed by atoms with Gasteiger partial charge in [0.1, 0.15) is 17.6 Å². The highest BCUT2D eigenvalue weighted by molar-refractivity contribution is 9.10. The van der Waals surface area contributed by atoms with Gasteiger partial charge >= 0.3 is 0 Å². The van der Waals surface area contributed by atoms with E-state index in [1.54, 1.807) is 6.07 Å². The molecule has 0 radical (unpaired) electrons. The van der Waals surface area contributed by atoms with Gasteiger partial charge in [-0.15, -0.1) is 0 Å². The van der Waals surface area contributed by atoms with Crippen LogP contribution >= 0.6 is 27.5 Å². The first-order valence-electron chi connectivity index (χ1n) is 5.78. The van der Waals surface area contributed by atoms with E-state index in [1.165, 1.54) is 18.2 Å². The Bertz CT molecular complexity index is 738. The molecule has 21 heavy (non-hydrogen) atoms. The van der Waals surface area contributed by atoms with Crippen molar-refractivity contribution in [1.29, 1.82) is 5.26 Å². The first kappa shape index (κ1) is 15.6. The van der Waals surface area contributed by atoms with Crippen LogP contribution in [0.4, 0.5) is 8.78 Å². The van der Waals surface area contributed by atoms with Crippen LogP contribution in [0, 0.1) is 23.0 Å². The summed E-state index contributed by atoms with van der Waals surface area (Å²) in [6, 6.07) is 9.09. The molecule has 0 aliphatic heterocycles. The molecule has 2 rings (SSSR count). The quantitative estimate of drug-likeness (QED) is 0.723. The van der Waals surface area contributed by atoms with Crippen molar-refractivity contribution >= 4 is 33.3 Å². The number of Topliss-reactive ketones (excluding diaryl/α,β-unsaturated/α-hetero) is 1. The largest absolute Gasteiger partial charge is 0.292 e. The van der Waals surface area contributed by atoms with E-state index in [0.29, 0.717) is 0 Å². The van der Waals surface area contributed by atoms with Gasteiger partial charge in [0.05, 0.1) is 6.07 Å². The fourth-order valence-corrected chi connectivity index (χ4v) is 2.70. The Balaban J connectivity index is 2.52. The lowest BCUT2D eigenvalue weighted by Gasteiger charge is -2.12. The van der Waals surface area contributed by atoms with Gasteiger partial charge < -0.3 is 0 Å². The maximum atomic E-state index is 13.9. The Hall–Kier alpha value is -1.77. The number of benzene rings is 2. The van der Waals surface area contributed by atoms with Gasteiger partial charge in [0.25, 0.3) is 0 Å². The van der Waals surface area contributed by atoms with E-state index in [-0.39, 0.29) is 20.6 Å². The molecule has 0 spiro atoms. The number of carbonyl (C=O) groups is 1. The number of halogens is 4. The van der Waals surface area contributed by atoms with Crippen LogP contribution in [0.2, 0.25) is 5.02 Å². The summed E-state index contributed by atoms with van der Waals surface area (Å²) in [4.78, 5) is 12.4. The van der Waals surface area contributed by atoms with Crippen molar-refractivity contribution in [2.45, 2.75) is 5.92 Å². The minimum absolute atomic E-state index is 0.00636. The highest BCUT2D eigenvalue weighted by Gasteiger charge is 2.28. The highest BCUT2D eigenvalue weighted by atomic mass is 79.9. The fourth-order valence-electron chi connectivity index (χ4n) is 1.89. The molecule has 2 aromatic rings. The first-order chi connectivity index (χ1) is 9.95. The zero-order valence-electron chi connectivity index (χ0n) is 10.4. The molecule has 0 saturated carbocycles. The highest BCUT2D eigenvalue weighted by Crippen LogP contribution is 2.31. The second-order valence-corrected chi connectivity index (χ2v) is 5.45. The number of carbonyl (C=O) groups excluding carboxylic acids is 1. The van der Waals surface area contributed by atoms with Crippen LogP contribution in [-0.2, 0) is 0 Å². The van der Waals surface area contributed by atoms with Gasteiger partial charge in [0.15, 0.2) is 5.78 Å². The lowest BCUT2D eigenvalue weighted by atomic mass is 9.91. The Kier molecular flexibility index (Phi) is 4.71. The van der Waals surface area contributed by atoms with Crippen LogP contribution in [0.5, 0.6) is 0 Å². The number of nitriles is 1. The Morgan fingerprint density at radius 1 is 1.29 bits per heavy atom. The maximum absolute atomic E-state index is 13.9. The zero-order chi connectivity index (χ0) is 15.6. The molecule has 0 aliphatic carbocycles. The average molecular weight is 371 g/mol.